The van der Waals surface area contributed by atoms with Crippen LogP contribution in [0.25, 0.3) is 0 Å². The van der Waals surface area contributed by atoms with E-state index in [2.05, 4.69) is 12.6 Å². The van der Waals surface area contributed by atoms with E-state index in [0.717, 1.165) is 0 Å². The molecule has 0 rings (SSSR count). The van der Waals surface area contributed by atoms with E-state index in [4.69, 9.17) is 0 Å². The topological polar surface area (TPSA) is 17.1 Å². The minimum Gasteiger partial charge on any atom is -0.785 e. The van der Waals surface area contributed by atoms with Crippen LogP contribution in [0.4, 0.5) is 0 Å². The van der Waals surface area contributed by atoms with Crippen LogP contribution >= 0.6 is 0 Å². The van der Waals surface area contributed by atoms with Crippen molar-refractivity contribution in [2.75, 3.05) is 5.75 Å². The van der Waals surface area contributed by atoms with Gasteiger partial charge in [0.25, 0.3) is 0 Å². The smallest absolute Gasteiger partial charge is 0.785 e. The Bertz CT molecular complexity index is 46.1. The summed E-state index contributed by atoms with van der Waals surface area (Å²) in [4.78, 5) is 9.71. The average molecular weight is 112 g/mol. The molecule has 0 radical (unpaired) electrons. The number of ketones is 1. The van der Waals surface area contributed by atoms with Gasteiger partial charge in [0.2, 0.25) is 0 Å². The van der Waals surface area contributed by atoms with Crippen LogP contribution in [0.15, 0.2) is 0 Å². The van der Waals surface area contributed by atoms with E-state index in [0.29, 0.717) is 0 Å². The SMILES string of the molecule is CC(=O)C[S-].[Na+]. The molecular weight excluding hydrogens is 107 g/mol. The third-order valence-corrected chi connectivity index (χ3v) is 0.610. The van der Waals surface area contributed by atoms with E-state index < -0.39 is 0 Å². The standard InChI is InChI=1S/C3H6OS.Na/c1-3(4)2-5;/h5H,2H2,1H3;/q;+1/p-1. The molecule has 0 aromatic rings. The van der Waals surface area contributed by atoms with Crippen molar-refractivity contribution < 1.29 is 34.4 Å². The van der Waals surface area contributed by atoms with Crippen LogP contribution in [0.1, 0.15) is 6.92 Å². The van der Waals surface area contributed by atoms with Crippen LogP contribution in [0, 0.1) is 0 Å². The summed E-state index contributed by atoms with van der Waals surface area (Å²) in [6.45, 7) is 1.48. The molecule has 0 saturated heterocycles. The molecule has 0 aliphatic heterocycles. The molecule has 0 saturated carbocycles. The maximum absolute atomic E-state index is 9.71. The van der Waals surface area contributed by atoms with Gasteiger partial charge >= 0.3 is 29.6 Å². The van der Waals surface area contributed by atoms with Crippen LogP contribution in [0.2, 0.25) is 0 Å². The molecule has 0 aliphatic rings. The zero-order chi connectivity index (χ0) is 4.28. The summed E-state index contributed by atoms with van der Waals surface area (Å²) in [7, 11) is 0. The molecule has 0 unspecified atom stereocenters. The number of carbonyl (C=O) groups excluding carboxylic acids is 1. The summed E-state index contributed by atoms with van der Waals surface area (Å²) in [5, 5.41) is 0. The second-order valence-corrected chi connectivity index (χ2v) is 1.14. The number of Topliss-reactive ketones (excluding diaryl/α,β-unsaturated/α-hetero) is 1. The van der Waals surface area contributed by atoms with Crippen LogP contribution < -0.4 is 29.6 Å². The molecule has 3 heteroatoms. The average Bonchev–Trinajstić information content (AvgIpc) is 1.38. The minimum absolute atomic E-state index is 0. The van der Waals surface area contributed by atoms with Gasteiger partial charge in [0.1, 0.15) is 5.78 Å². The Balaban J connectivity index is 0. The molecule has 6 heavy (non-hydrogen) atoms. The summed E-state index contributed by atoms with van der Waals surface area (Å²) in [5.41, 5.74) is 0. The number of carbonyl (C=O) groups is 1. The van der Waals surface area contributed by atoms with Crippen LogP contribution in [0.3, 0.4) is 0 Å². The van der Waals surface area contributed by atoms with Gasteiger partial charge < -0.3 is 17.4 Å². The third kappa shape index (κ3) is 8.89. The summed E-state index contributed by atoms with van der Waals surface area (Å²) in [5.74, 6) is 0.319. The molecular formula is C3H5NaOS. The van der Waals surface area contributed by atoms with Gasteiger partial charge in [-0.2, -0.15) is 0 Å². The maximum Gasteiger partial charge on any atom is 1.00 e. The molecule has 30 valence electrons. The van der Waals surface area contributed by atoms with E-state index >= 15 is 0 Å². The Morgan fingerprint density at radius 2 is 2.00 bits per heavy atom. The van der Waals surface area contributed by atoms with Gasteiger partial charge in [-0.1, -0.05) is 0 Å². The molecule has 0 fully saturated rings. The number of rotatable bonds is 1. The minimum atomic E-state index is 0. The van der Waals surface area contributed by atoms with Crippen LogP contribution in [0.5, 0.6) is 0 Å². The first-order valence-electron chi connectivity index (χ1n) is 1.35. The molecule has 0 aromatic heterocycles. The fraction of sp³-hybridized carbons (Fsp3) is 0.667. The first-order chi connectivity index (χ1) is 2.27. The molecule has 0 N–H and O–H groups in total. The van der Waals surface area contributed by atoms with E-state index in [1.54, 1.807) is 0 Å². The Morgan fingerprint density at radius 1 is 1.83 bits per heavy atom. The van der Waals surface area contributed by atoms with Gasteiger partial charge in [-0.25, -0.2) is 0 Å². The monoisotopic (exact) mass is 112 g/mol. The van der Waals surface area contributed by atoms with Crippen molar-refractivity contribution >= 4 is 18.4 Å². The zero-order valence-corrected chi connectivity index (χ0v) is 6.84. The molecule has 1 nitrogen and oxygen atoms in total. The Morgan fingerprint density at radius 3 is 2.00 bits per heavy atom. The maximum atomic E-state index is 9.71. The van der Waals surface area contributed by atoms with E-state index in [1.807, 2.05) is 0 Å². The molecule has 0 aliphatic carbocycles. The van der Waals surface area contributed by atoms with Crippen molar-refractivity contribution in [3.63, 3.8) is 0 Å². The second-order valence-electron chi connectivity index (χ2n) is 0.846. The molecule has 0 heterocycles. The van der Waals surface area contributed by atoms with Gasteiger partial charge in [-0.05, 0) is 6.92 Å². The van der Waals surface area contributed by atoms with Crippen molar-refractivity contribution in [3.05, 3.63) is 0 Å². The normalized spacial score (nSPS) is 6.33. The Labute approximate surface area is 65.2 Å². The summed E-state index contributed by atoms with van der Waals surface area (Å²) in [6, 6.07) is 0. The van der Waals surface area contributed by atoms with E-state index in [9.17, 15) is 4.79 Å². The number of hydrogen-bond donors (Lipinski definition) is 0. The second kappa shape index (κ2) is 6.02. The molecule has 0 atom stereocenters. The third-order valence-electron chi connectivity index (χ3n) is 0.203. The van der Waals surface area contributed by atoms with Gasteiger partial charge in [0.05, 0.1) is 0 Å². The predicted octanol–water partition coefficient (Wildman–Crippen LogP) is -2.87. The first-order valence-corrected chi connectivity index (χ1v) is 1.92. The van der Waals surface area contributed by atoms with E-state index in [-0.39, 0.29) is 41.1 Å². The van der Waals surface area contributed by atoms with Gasteiger partial charge in [-0.3, -0.25) is 0 Å². The van der Waals surface area contributed by atoms with Gasteiger partial charge in [-0.15, -0.1) is 5.75 Å². The van der Waals surface area contributed by atoms with Gasteiger partial charge in [0, 0.05) is 0 Å². The first kappa shape index (κ1) is 10.1. The zero-order valence-electron chi connectivity index (χ0n) is 4.02. The van der Waals surface area contributed by atoms with Crippen molar-refractivity contribution in [3.8, 4) is 0 Å². The Hall–Kier alpha value is 1.02. The summed E-state index contributed by atoms with van der Waals surface area (Å²) >= 11 is 4.33. The van der Waals surface area contributed by atoms with Crippen molar-refractivity contribution in [1.29, 1.82) is 0 Å². The van der Waals surface area contributed by atoms with Crippen LogP contribution in [-0.4, -0.2) is 11.5 Å². The van der Waals surface area contributed by atoms with Gasteiger partial charge in [0.15, 0.2) is 0 Å². The largest absolute Gasteiger partial charge is 1.00 e. The summed E-state index contributed by atoms with van der Waals surface area (Å²) < 4.78 is 0. The van der Waals surface area contributed by atoms with Crippen LogP contribution in [-0.2, 0) is 17.4 Å². The molecule has 0 bridgehead atoms. The van der Waals surface area contributed by atoms with Crippen molar-refractivity contribution in [2.24, 2.45) is 0 Å². The molecule has 0 spiro atoms. The van der Waals surface area contributed by atoms with Crippen molar-refractivity contribution in [1.82, 2.24) is 0 Å². The summed E-state index contributed by atoms with van der Waals surface area (Å²) in [6.07, 6.45) is 0. The number of hydrogen-bond acceptors (Lipinski definition) is 2. The quantitative estimate of drug-likeness (QED) is 0.268. The molecule has 0 aromatic carbocycles. The fourth-order valence-corrected chi connectivity index (χ4v) is 0. The van der Waals surface area contributed by atoms with E-state index in [1.165, 1.54) is 6.92 Å². The predicted molar refractivity (Wildman–Crippen MR) is 22.9 cm³/mol. The Kier molecular flexibility index (Phi) is 10.1. The van der Waals surface area contributed by atoms with Crippen molar-refractivity contribution in [2.45, 2.75) is 6.92 Å². The fourth-order valence-electron chi connectivity index (χ4n) is 0. The molecule has 0 amide bonds.